The van der Waals surface area contributed by atoms with Crippen molar-refractivity contribution in [1.82, 2.24) is 10.2 Å². The minimum atomic E-state index is -0.908. The summed E-state index contributed by atoms with van der Waals surface area (Å²) in [5.41, 5.74) is -0.297. The van der Waals surface area contributed by atoms with Crippen LogP contribution in [-0.2, 0) is 9.59 Å². The maximum Gasteiger partial charge on any atom is 0.240 e. The maximum atomic E-state index is 12.3. The number of hydrogen-bond donors (Lipinski definition) is 2. The Morgan fingerprint density at radius 2 is 2.00 bits per heavy atom. The van der Waals surface area contributed by atoms with Gasteiger partial charge in [0.05, 0.1) is 0 Å². The number of amides is 2. The molecule has 0 heterocycles. The largest absolute Gasteiger partial charge is 0.354 e. The van der Waals surface area contributed by atoms with Crippen LogP contribution in [0.1, 0.15) is 12.8 Å². The van der Waals surface area contributed by atoms with Crippen LogP contribution >= 0.6 is 11.6 Å². The Morgan fingerprint density at radius 1 is 1.29 bits per heavy atom. The van der Waals surface area contributed by atoms with Gasteiger partial charge in [-0.15, -0.1) is 0 Å². The number of carbonyl (C=O) groups excluding carboxylic acids is 2. The Hall–Kier alpha value is -1.59. The highest BCUT2D eigenvalue weighted by molar-refractivity contribution is 6.31. The topological polar surface area (TPSA) is 61.4 Å². The summed E-state index contributed by atoms with van der Waals surface area (Å²) in [5.74, 6) is -0.448. The highest BCUT2D eigenvalue weighted by Gasteiger charge is 2.56. The predicted octanol–water partition coefficient (Wildman–Crippen LogP) is 1.74. The first kappa shape index (κ1) is 15.8. The molecule has 0 unspecified atom stereocenters. The van der Waals surface area contributed by atoms with Crippen LogP contribution in [0, 0.1) is 5.41 Å². The molecule has 1 saturated carbocycles. The van der Waals surface area contributed by atoms with E-state index < -0.39 is 5.41 Å². The molecule has 5 nitrogen and oxygen atoms in total. The molecule has 0 atom stereocenters. The Balaban J connectivity index is 1.93. The summed E-state index contributed by atoms with van der Waals surface area (Å²) in [5, 5.41) is 6.15. The second kappa shape index (κ2) is 6.45. The molecule has 2 N–H and O–H groups in total. The second-order valence-electron chi connectivity index (χ2n) is 5.61. The lowest BCUT2D eigenvalue weighted by atomic mass is 10.1. The smallest absolute Gasteiger partial charge is 0.240 e. The zero-order chi connectivity index (χ0) is 15.5. The average molecular weight is 310 g/mol. The molecule has 1 aliphatic carbocycles. The van der Waals surface area contributed by atoms with Gasteiger partial charge in [0, 0.05) is 23.8 Å². The van der Waals surface area contributed by atoms with Crippen molar-refractivity contribution in [2.24, 2.45) is 5.41 Å². The molecule has 1 aromatic rings. The fourth-order valence-corrected chi connectivity index (χ4v) is 2.25. The molecule has 0 aliphatic heterocycles. The summed E-state index contributed by atoms with van der Waals surface area (Å²) in [6, 6.07) is 6.91. The molecule has 6 heteroatoms. The summed E-state index contributed by atoms with van der Waals surface area (Å²) < 4.78 is 0. The summed E-state index contributed by atoms with van der Waals surface area (Å²) >= 11 is 5.88. The van der Waals surface area contributed by atoms with E-state index >= 15 is 0 Å². The van der Waals surface area contributed by atoms with Gasteiger partial charge in [-0.3, -0.25) is 9.59 Å². The monoisotopic (exact) mass is 309 g/mol. The normalized spacial score (nSPS) is 15.6. The van der Waals surface area contributed by atoms with E-state index in [2.05, 4.69) is 10.6 Å². The molecule has 0 saturated heterocycles. The summed E-state index contributed by atoms with van der Waals surface area (Å²) in [6.45, 7) is 1.29. The summed E-state index contributed by atoms with van der Waals surface area (Å²) in [6.07, 6.45) is 1.18. The third kappa shape index (κ3) is 3.95. The van der Waals surface area contributed by atoms with Crippen LogP contribution in [0.3, 0.4) is 0 Å². The first-order valence-electron chi connectivity index (χ1n) is 6.94. The standard InChI is InChI=1S/C15H20ClN3O2/c1-19(2)9-8-17-13(20)15(6-7-15)14(21)18-12-5-3-4-11(16)10-12/h3-5,10H,6-9H2,1-2H3,(H,17,20)(H,18,21). The molecule has 0 bridgehead atoms. The molecule has 2 amide bonds. The van der Waals surface area contributed by atoms with Crippen LogP contribution in [0.25, 0.3) is 0 Å². The molecule has 0 spiro atoms. The van der Waals surface area contributed by atoms with Crippen molar-refractivity contribution < 1.29 is 9.59 Å². The Labute approximate surface area is 129 Å². The first-order valence-corrected chi connectivity index (χ1v) is 7.32. The third-order valence-electron chi connectivity index (χ3n) is 3.55. The van der Waals surface area contributed by atoms with E-state index in [-0.39, 0.29) is 11.8 Å². The number of nitrogens with zero attached hydrogens (tertiary/aromatic N) is 1. The molecular weight excluding hydrogens is 290 g/mol. The summed E-state index contributed by atoms with van der Waals surface area (Å²) in [7, 11) is 3.87. The lowest BCUT2D eigenvalue weighted by molar-refractivity contribution is -0.134. The fourth-order valence-electron chi connectivity index (χ4n) is 2.06. The van der Waals surface area contributed by atoms with Crippen molar-refractivity contribution in [3.8, 4) is 0 Å². The van der Waals surface area contributed by atoms with E-state index in [4.69, 9.17) is 11.6 Å². The van der Waals surface area contributed by atoms with Gasteiger partial charge in [0.1, 0.15) is 5.41 Å². The molecule has 0 radical (unpaired) electrons. The predicted molar refractivity (Wildman–Crippen MR) is 83.3 cm³/mol. The molecule has 21 heavy (non-hydrogen) atoms. The molecule has 0 aromatic heterocycles. The Kier molecular flexibility index (Phi) is 4.85. The van der Waals surface area contributed by atoms with Gasteiger partial charge in [0.2, 0.25) is 11.8 Å². The second-order valence-corrected chi connectivity index (χ2v) is 6.04. The molecule has 114 valence electrons. The number of benzene rings is 1. The third-order valence-corrected chi connectivity index (χ3v) is 3.78. The van der Waals surface area contributed by atoms with Crippen LogP contribution in [0.4, 0.5) is 5.69 Å². The number of halogens is 1. The quantitative estimate of drug-likeness (QED) is 0.787. The lowest BCUT2D eigenvalue weighted by Crippen LogP contribution is -2.42. The SMILES string of the molecule is CN(C)CCNC(=O)C1(C(=O)Nc2cccc(Cl)c2)CC1. The van der Waals surface area contributed by atoms with E-state index in [1.807, 2.05) is 19.0 Å². The molecular formula is C15H20ClN3O2. The van der Waals surface area contributed by atoms with Crippen molar-refractivity contribution in [3.05, 3.63) is 29.3 Å². The van der Waals surface area contributed by atoms with E-state index in [0.717, 1.165) is 6.54 Å². The highest BCUT2D eigenvalue weighted by atomic mass is 35.5. The molecule has 1 aromatic carbocycles. The minimum Gasteiger partial charge on any atom is -0.354 e. The van der Waals surface area contributed by atoms with Crippen LogP contribution < -0.4 is 10.6 Å². The average Bonchev–Trinajstić information content (AvgIpc) is 3.19. The molecule has 2 rings (SSSR count). The van der Waals surface area contributed by atoms with Gasteiger partial charge in [0.25, 0.3) is 0 Å². The van der Waals surface area contributed by atoms with Gasteiger partial charge < -0.3 is 15.5 Å². The zero-order valence-electron chi connectivity index (χ0n) is 12.3. The van der Waals surface area contributed by atoms with Crippen LogP contribution in [0.5, 0.6) is 0 Å². The molecule has 1 aliphatic rings. The maximum absolute atomic E-state index is 12.3. The summed E-state index contributed by atoms with van der Waals surface area (Å²) in [4.78, 5) is 26.5. The van der Waals surface area contributed by atoms with E-state index in [9.17, 15) is 9.59 Å². The van der Waals surface area contributed by atoms with E-state index in [1.54, 1.807) is 24.3 Å². The van der Waals surface area contributed by atoms with Gasteiger partial charge in [-0.25, -0.2) is 0 Å². The van der Waals surface area contributed by atoms with Crippen LogP contribution in [0.2, 0.25) is 5.02 Å². The first-order chi connectivity index (χ1) is 9.94. The van der Waals surface area contributed by atoms with Crippen molar-refractivity contribution in [2.75, 3.05) is 32.5 Å². The number of carbonyl (C=O) groups is 2. The van der Waals surface area contributed by atoms with Gasteiger partial charge in [-0.05, 0) is 45.1 Å². The molecule has 1 fully saturated rings. The van der Waals surface area contributed by atoms with E-state index in [1.165, 1.54) is 0 Å². The number of rotatable bonds is 6. The van der Waals surface area contributed by atoms with Crippen molar-refractivity contribution >= 4 is 29.1 Å². The van der Waals surface area contributed by atoms with E-state index in [0.29, 0.717) is 30.1 Å². The lowest BCUT2D eigenvalue weighted by Gasteiger charge is -2.16. The Morgan fingerprint density at radius 3 is 2.57 bits per heavy atom. The Bertz CT molecular complexity index is 541. The van der Waals surface area contributed by atoms with Gasteiger partial charge in [0.15, 0.2) is 0 Å². The van der Waals surface area contributed by atoms with Crippen molar-refractivity contribution in [2.45, 2.75) is 12.8 Å². The number of anilines is 1. The number of hydrogen-bond acceptors (Lipinski definition) is 3. The highest BCUT2D eigenvalue weighted by Crippen LogP contribution is 2.46. The van der Waals surface area contributed by atoms with Crippen LogP contribution in [-0.4, -0.2) is 43.9 Å². The van der Waals surface area contributed by atoms with Crippen LogP contribution in [0.15, 0.2) is 24.3 Å². The van der Waals surface area contributed by atoms with Gasteiger partial charge >= 0.3 is 0 Å². The van der Waals surface area contributed by atoms with Gasteiger partial charge in [-0.1, -0.05) is 17.7 Å². The fraction of sp³-hybridized carbons (Fsp3) is 0.467. The van der Waals surface area contributed by atoms with Crippen molar-refractivity contribution in [1.29, 1.82) is 0 Å². The van der Waals surface area contributed by atoms with Crippen molar-refractivity contribution in [3.63, 3.8) is 0 Å². The minimum absolute atomic E-state index is 0.191. The number of likely N-dealkylation sites (N-methyl/N-ethyl adjacent to an activating group) is 1. The number of nitrogens with one attached hydrogen (secondary N) is 2. The van der Waals surface area contributed by atoms with Gasteiger partial charge in [-0.2, -0.15) is 0 Å². The zero-order valence-corrected chi connectivity index (χ0v) is 13.0.